The highest BCUT2D eigenvalue weighted by atomic mass is 16.5. The predicted octanol–water partition coefficient (Wildman–Crippen LogP) is 8.76. The molecule has 4 aromatic carbocycles. The van der Waals surface area contributed by atoms with Gasteiger partial charge in [-0.3, -0.25) is 9.80 Å². The van der Waals surface area contributed by atoms with Gasteiger partial charge in [-0.25, -0.2) is 9.59 Å². The number of piperidine rings is 2. The summed E-state index contributed by atoms with van der Waals surface area (Å²) in [6.07, 6.45) is 4.56. The van der Waals surface area contributed by atoms with Crippen molar-refractivity contribution in [1.29, 1.82) is 0 Å². The second-order valence-electron chi connectivity index (χ2n) is 18.6. The Kier molecular flexibility index (Phi) is 10.2. The fraction of sp³-hybridized carbons (Fsp3) is 0.480. The van der Waals surface area contributed by atoms with Gasteiger partial charge in [0.15, 0.2) is 0 Å². The van der Waals surface area contributed by atoms with Gasteiger partial charge in [-0.1, -0.05) is 76.2 Å². The molecule has 0 saturated carbocycles. The Morgan fingerprint density at radius 3 is 1.40 bits per heavy atom. The van der Waals surface area contributed by atoms with Crippen molar-refractivity contribution in [1.82, 2.24) is 9.80 Å². The van der Waals surface area contributed by atoms with E-state index in [1.165, 1.54) is 57.6 Å². The summed E-state index contributed by atoms with van der Waals surface area (Å²) < 4.78 is 10.5. The molecule has 0 spiro atoms. The Bertz CT molecular complexity index is 2060. The molecular weight excluding hydrogens is 721 g/mol. The van der Waals surface area contributed by atoms with Crippen molar-refractivity contribution in [2.75, 3.05) is 36.9 Å². The molecule has 6 aliphatic rings. The molecule has 0 bridgehead atoms. The molecule has 2 N–H and O–H groups in total. The predicted molar refractivity (Wildman–Crippen MR) is 231 cm³/mol. The van der Waals surface area contributed by atoms with Crippen LogP contribution in [0.25, 0.3) is 0 Å². The van der Waals surface area contributed by atoms with Crippen LogP contribution >= 0.6 is 0 Å². The molecule has 0 aliphatic carbocycles. The van der Waals surface area contributed by atoms with E-state index in [4.69, 9.17) is 9.47 Å². The summed E-state index contributed by atoms with van der Waals surface area (Å²) in [5.74, 6) is 0.622. The molecule has 6 heterocycles. The molecular formula is C50H60N4O4. The van der Waals surface area contributed by atoms with E-state index in [-0.39, 0.29) is 22.8 Å². The zero-order chi connectivity index (χ0) is 40.3. The molecule has 4 aromatic rings. The highest BCUT2D eigenvalue weighted by Crippen LogP contribution is 2.51. The molecule has 2 saturated heterocycles. The van der Waals surface area contributed by atoms with Gasteiger partial charge >= 0.3 is 11.9 Å². The van der Waals surface area contributed by atoms with Crippen LogP contribution in [-0.4, -0.2) is 72.2 Å². The summed E-state index contributed by atoms with van der Waals surface area (Å²) in [6, 6.07) is 31.7. The van der Waals surface area contributed by atoms with E-state index in [1.54, 1.807) is 0 Å². The van der Waals surface area contributed by atoms with Gasteiger partial charge in [-0.2, -0.15) is 0 Å². The number of fused-ring (bicyclic) bond motifs is 10. The number of esters is 2. The van der Waals surface area contributed by atoms with Gasteiger partial charge in [-0.05, 0) is 145 Å². The Balaban J connectivity index is 0.000000150. The second kappa shape index (κ2) is 15.2. The van der Waals surface area contributed by atoms with Gasteiger partial charge in [-0.15, -0.1) is 0 Å². The molecule has 58 heavy (non-hydrogen) atoms. The zero-order valence-corrected chi connectivity index (χ0v) is 35.1. The number of carbonyl (C=O) groups excluding carboxylic acids is 2. The van der Waals surface area contributed by atoms with E-state index >= 15 is 0 Å². The van der Waals surface area contributed by atoms with Crippen LogP contribution in [0, 0.1) is 11.8 Å². The second-order valence-corrected chi connectivity index (χ2v) is 18.6. The van der Waals surface area contributed by atoms with Crippen molar-refractivity contribution >= 4 is 23.3 Å². The largest absolute Gasteiger partial charge is 0.462 e. The third kappa shape index (κ3) is 6.70. The van der Waals surface area contributed by atoms with Crippen molar-refractivity contribution < 1.29 is 19.1 Å². The number of benzene rings is 4. The highest BCUT2D eigenvalue weighted by Gasteiger charge is 2.51. The van der Waals surface area contributed by atoms with E-state index in [1.807, 2.05) is 26.0 Å². The lowest BCUT2D eigenvalue weighted by atomic mass is 9.62. The van der Waals surface area contributed by atoms with Gasteiger partial charge < -0.3 is 20.1 Å². The maximum atomic E-state index is 12.3. The van der Waals surface area contributed by atoms with Gasteiger partial charge in [0, 0.05) is 48.6 Å². The number of nitrogens with one attached hydrogen (secondary N) is 2. The summed E-state index contributed by atoms with van der Waals surface area (Å²) in [7, 11) is 0. The first-order valence-electron chi connectivity index (χ1n) is 21.8. The van der Waals surface area contributed by atoms with Crippen molar-refractivity contribution in [2.45, 2.75) is 115 Å². The lowest BCUT2D eigenvalue weighted by Gasteiger charge is -2.56. The smallest absolute Gasteiger partial charge is 0.338 e. The maximum Gasteiger partial charge on any atom is 0.338 e. The summed E-state index contributed by atoms with van der Waals surface area (Å²) in [5.41, 5.74) is 12.1. The Morgan fingerprint density at radius 2 is 1.00 bits per heavy atom. The minimum Gasteiger partial charge on any atom is -0.462 e. The summed E-state index contributed by atoms with van der Waals surface area (Å²) in [4.78, 5) is 29.9. The number of ether oxygens (including phenoxy) is 2. The summed E-state index contributed by atoms with van der Waals surface area (Å²) >= 11 is 0. The van der Waals surface area contributed by atoms with Crippen LogP contribution in [0.5, 0.6) is 0 Å². The average molecular weight is 781 g/mol. The van der Waals surface area contributed by atoms with Crippen LogP contribution in [0.4, 0.5) is 11.4 Å². The van der Waals surface area contributed by atoms with E-state index in [2.05, 4.69) is 121 Å². The van der Waals surface area contributed by atoms with Gasteiger partial charge in [0.25, 0.3) is 0 Å². The quantitative estimate of drug-likeness (QED) is 0.199. The fourth-order valence-corrected chi connectivity index (χ4v) is 11.8. The molecule has 304 valence electrons. The zero-order valence-electron chi connectivity index (χ0n) is 35.1. The minimum atomic E-state index is -0.230. The molecule has 0 aromatic heterocycles. The van der Waals surface area contributed by atoms with Crippen LogP contribution in [0.3, 0.4) is 0 Å². The van der Waals surface area contributed by atoms with Crippen molar-refractivity contribution in [2.24, 2.45) is 11.8 Å². The first-order valence-corrected chi connectivity index (χ1v) is 21.8. The van der Waals surface area contributed by atoms with Crippen molar-refractivity contribution in [3.8, 4) is 0 Å². The van der Waals surface area contributed by atoms with Gasteiger partial charge in [0.1, 0.15) is 0 Å². The van der Waals surface area contributed by atoms with Crippen molar-refractivity contribution in [3.05, 3.63) is 129 Å². The number of nitrogens with zero attached hydrogens (tertiary/aromatic N) is 2. The van der Waals surface area contributed by atoms with Gasteiger partial charge in [0.2, 0.25) is 0 Å². The van der Waals surface area contributed by atoms with Crippen LogP contribution in [0.2, 0.25) is 0 Å². The van der Waals surface area contributed by atoms with Crippen LogP contribution in [0.15, 0.2) is 84.9 Å². The van der Waals surface area contributed by atoms with Crippen molar-refractivity contribution in [3.63, 3.8) is 0 Å². The van der Waals surface area contributed by atoms with Crippen LogP contribution in [-0.2, 0) is 46.2 Å². The number of anilines is 2. The first-order chi connectivity index (χ1) is 28.0. The number of hydrogen-bond donors (Lipinski definition) is 2. The van der Waals surface area contributed by atoms with E-state index in [9.17, 15) is 9.59 Å². The number of carbonyl (C=O) groups is 2. The molecule has 6 atom stereocenters. The van der Waals surface area contributed by atoms with Gasteiger partial charge in [0.05, 0.1) is 24.3 Å². The Morgan fingerprint density at radius 1 is 0.603 bits per heavy atom. The summed E-state index contributed by atoms with van der Waals surface area (Å²) in [6.45, 7) is 18.3. The summed E-state index contributed by atoms with van der Waals surface area (Å²) in [5, 5.41) is 7.78. The third-order valence-corrected chi connectivity index (χ3v) is 14.9. The number of hydrogen-bond acceptors (Lipinski definition) is 8. The molecule has 8 heteroatoms. The molecule has 2 fully saturated rings. The average Bonchev–Trinajstić information content (AvgIpc) is 3.22. The van der Waals surface area contributed by atoms with E-state index in [0.29, 0.717) is 60.3 Å². The first kappa shape index (κ1) is 38.8. The standard InChI is InChI=1S/2C25H30N2O2/c2*1-4-29-24(28)17-9-10-21-20(13-17)25(2,3)19-11-12-27-15-18-8-6-5-7-16(18)14-22(27)23(19)26-21/h2*5-10,13,19,22-23,26H,4,11-12,14-15H2,1-3H3/t2*19-,22-,23+/m00/s1. The van der Waals surface area contributed by atoms with Crippen LogP contribution < -0.4 is 10.6 Å². The molecule has 0 radical (unpaired) electrons. The maximum absolute atomic E-state index is 12.3. The topological polar surface area (TPSA) is 83.1 Å². The molecule has 0 amide bonds. The third-order valence-electron chi connectivity index (χ3n) is 14.9. The molecule has 0 unspecified atom stereocenters. The van der Waals surface area contributed by atoms with Crippen LogP contribution in [0.1, 0.15) is 108 Å². The minimum absolute atomic E-state index is 0.0107. The Labute approximate surface area is 344 Å². The monoisotopic (exact) mass is 780 g/mol. The lowest BCUT2D eigenvalue weighted by molar-refractivity contribution is 0.0486. The van der Waals surface area contributed by atoms with E-state index < -0.39 is 0 Å². The molecule has 6 aliphatic heterocycles. The SMILES string of the molecule is CCOC(=O)c1ccc2c(c1)C(C)(C)[C@H]1CCN3Cc4ccccc4C[C@H]3[C@@H]1N2.CCOC(=O)c1ccc2c(c1)C(C)(C)[C@H]1CCN3Cc4ccccc4C[C@H]3[C@@H]1N2. The normalized spacial score (nSPS) is 26.9. The molecule has 10 rings (SSSR count). The lowest BCUT2D eigenvalue weighted by Crippen LogP contribution is -2.62. The molecule has 8 nitrogen and oxygen atoms in total. The fourth-order valence-electron chi connectivity index (χ4n) is 11.8. The highest BCUT2D eigenvalue weighted by molar-refractivity contribution is 5.91. The number of rotatable bonds is 4. The van der Waals surface area contributed by atoms with E-state index in [0.717, 1.165) is 39.0 Å². The Hall–Kier alpha value is -4.66.